The molecule has 0 aliphatic rings. The molecular formula is C21H24N4O3. The van der Waals surface area contributed by atoms with Gasteiger partial charge in [-0.05, 0) is 41.8 Å². The van der Waals surface area contributed by atoms with Gasteiger partial charge in [0.2, 0.25) is 0 Å². The lowest BCUT2D eigenvalue weighted by Crippen LogP contribution is -2.06. The number of tetrazole rings is 1. The minimum atomic E-state index is -0.192. The number of nitrogens with one attached hydrogen (secondary N) is 1. The largest absolute Gasteiger partial charge is 0.507 e. The molecule has 0 saturated carbocycles. The van der Waals surface area contributed by atoms with Crippen molar-refractivity contribution in [1.29, 1.82) is 0 Å². The lowest BCUT2D eigenvalue weighted by atomic mass is 9.97. The van der Waals surface area contributed by atoms with E-state index in [1.54, 1.807) is 24.3 Å². The van der Waals surface area contributed by atoms with Gasteiger partial charge in [-0.3, -0.25) is 4.79 Å². The summed E-state index contributed by atoms with van der Waals surface area (Å²) in [6.45, 7) is 2.55. The molecule has 146 valence electrons. The fourth-order valence-electron chi connectivity index (χ4n) is 3.03. The van der Waals surface area contributed by atoms with E-state index in [1.165, 1.54) is 0 Å². The number of aromatic hydroxyl groups is 1. The molecule has 0 unspecified atom stereocenters. The number of ether oxygens (including phenoxy) is 1. The Morgan fingerprint density at radius 2 is 1.93 bits per heavy atom. The number of carbonyl (C=O) groups is 1. The third-order valence-electron chi connectivity index (χ3n) is 4.48. The number of aromatic nitrogens is 4. The number of phenols is 1. The van der Waals surface area contributed by atoms with Gasteiger partial charge in [0.25, 0.3) is 0 Å². The Balaban J connectivity index is 1.67. The van der Waals surface area contributed by atoms with E-state index in [0.717, 1.165) is 31.5 Å². The normalized spacial score (nSPS) is 10.8. The molecule has 0 spiro atoms. The third kappa shape index (κ3) is 4.73. The van der Waals surface area contributed by atoms with Crippen LogP contribution in [0.15, 0.2) is 42.5 Å². The number of hydrogen-bond acceptors (Lipinski definition) is 6. The molecule has 0 aliphatic heterocycles. The van der Waals surface area contributed by atoms with Crippen molar-refractivity contribution in [1.82, 2.24) is 20.6 Å². The van der Waals surface area contributed by atoms with Crippen LogP contribution >= 0.6 is 0 Å². The van der Waals surface area contributed by atoms with Gasteiger partial charge in [0.15, 0.2) is 5.78 Å². The number of hydrogen-bond donors (Lipinski definition) is 2. The van der Waals surface area contributed by atoms with Gasteiger partial charge >= 0.3 is 0 Å². The number of aryl methyl sites for hydroxylation is 1. The number of ketones is 1. The second-order valence-electron chi connectivity index (χ2n) is 6.54. The fraction of sp³-hybridized carbons (Fsp3) is 0.333. The Labute approximate surface area is 163 Å². The Hall–Kier alpha value is -3.22. The number of H-pyrrole nitrogens is 1. The van der Waals surface area contributed by atoms with Crippen LogP contribution in [0.4, 0.5) is 0 Å². The van der Waals surface area contributed by atoms with Crippen molar-refractivity contribution in [2.45, 2.75) is 39.0 Å². The summed E-state index contributed by atoms with van der Waals surface area (Å²) in [6, 6.07) is 12.4. The quantitative estimate of drug-likeness (QED) is 0.412. The van der Waals surface area contributed by atoms with Crippen molar-refractivity contribution in [2.24, 2.45) is 0 Å². The van der Waals surface area contributed by atoms with Gasteiger partial charge < -0.3 is 9.84 Å². The first kappa shape index (κ1) is 19.5. The molecular weight excluding hydrogens is 356 g/mol. The molecule has 2 N–H and O–H groups in total. The van der Waals surface area contributed by atoms with E-state index in [-0.39, 0.29) is 11.5 Å². The van der Waals surface area contributed by atoms with E-state index in [2.05, 4.69) is 20.6 Å². The standard InChI is InChI=1S/C21H24N4O3/c1-2-8-16-18(28-14-7-6-11-19-22-24-25-23-19)13-12-17(21(16)27)20(26)15-9-4-3-5-10-15/h3-5,9-10,12-13,27H,2,6-8,11,14H2,1H3,(H,22,23,24,25). The maximum atomic E-state index is 12.7. The number of rotatable bonds is 10. The van der Waals surface area contributed by atoms with Crippen LogP contribution in [-0.2, 0) is 12.8 Å². The average Bonchev–Trinajstić information content (AvgIpc) is 3.24. The highest BCUT2D eigenvalue weighted by molar-refractivity contribution is 6.11. The lowest BCUT2D eigenvalue weighted by molar-refractivity contribution is 0.103. The van der Waals surface area contributed by atoms with Crippen LogP contribution in [0.5, 0.6) is 11.5 Å². The first-order chi connectivity index (χ1) is 13.7. The second kappa shape index (κ2) is 9.64. The van der Waals surface area contributed by atoms with E-state index in [9.17, 15) is 9.90 Å². The molecule has 7 heteroatoms. The zero-order chi connectivity index (χ0) is 19.8. The van der Waals surface area contributed by atoms with Gasteiger partial charge in [0.05, 0.1) is 12.2 Å². The van der Waals surface area contributed by atoms with Crippen LogP contribution in [-0.4, -0.2) is 38.1 Å². The number of phenolic OH excluding ortho intramolecular Hbond substituents is 1. The zero-order valence-electron chi connectivity index (χ0n) is 15.9. The summed E-state index contributed by atoms with van der Waals surface area (Å²) >= 11 is 0. The maximum absolute atomic E-state index is 12.7. The van der Waals surface area contributed by atoms with Gasteiger partial charge in [0.1, 0.15) is 17.3 Å². The van der Waals surface area contributed by atoms with Gasteiger partial charge in [-0.15, -0.1) is 5.10 Å². The number of carbonyl (C=O) groups excluding carboxylic acids is 1. The highest BCUT2D eigenvalue weighted by Crippen LogP contribution is 2.34. The molecule has 0 aliphatic carbocycles. The van der Waals surface area contributed by atoms with Crippen molar-refractivity contribution in [3.8, 4) is 11.5 Å². The van der Waals surface area contributed by atoms with Crippen LogP contribution < -0.4 is 4.74 Å². The Kier molecular flexibility index (Phi) is 6.73. The summed E-state index contributed by atoms with van der Waals surface area (Å²) in [6.07, 6.45) is 3.95. The molecule has 0 atom stereocenters. The summed E-state index contributed by atoms with van der Waals surface area (Å²) in [7, 11) is 0. The highest BCUT2D eigenvalue weighted by atomic mass is 16.5. The van der Waals surface area contributed by atoms with Gasteiger partial charge in [-0.2, -0.15) is 0 Å². The van der Waals surface area contributed by atoms with Crippen molar-refractivity contribution in [3.05, 3.63) is 65.0 Å². The predicted octanol–water partition coefficient (Wildman–Crippen LogP) is 3.49. The molecule has 28 heavy (non-hydrogen) atoms. The Morgan fingerprint density at radius 3 is 2.64 bits per heavy atom. The molecule has 0 amide bonds. The molecule has 7 nitrogen and oxygen atoms in total. The third-order valence-corrected chi connectivity index (χ3v) is 4.48. The minimum absolute atomic E-state index is 0.0148. The van der Waals surface area contributed by atoms with Crippen LogP contribution in [0.1, 0.15) is 53.5 Å². The molecule has 0 bridgehead atoms. The molecule has 0 fully saturated rings. The van der Waals surface area contributed by atoms with Gasteiger partial charge in [-0.25, -0.2) is 5.10 Å². The SMILES string of the molecule is CCCc1c(OCCCCc2nnn[nH]2)ccc(C(=O)c2ccccc2)c1O. The van der Waals surface area contributed by atoms with Crippen molar-refractivity contribution in [2.75, 3.05) is 6.61 Å². The molecule has 2 aromatic carbocycles. The lowest BCUT2D eigenvalue weighted by Gasteiger charge is -2.15. The second-order valence-corrected chi connectivity index (χ2v) is 6.54. The van der Waals surface area contributed by atoms with Crippen molar-refractivity contribution in [3.63, 3.8) is 0 Å². The molecule has 0 radical (unpaired) electrons. The summed E-state index contributed by atoms with van der Waals surface area (Å²) in [5, 5.41) is 24.4. The monoisotopic (exact) mass is 380 g/mol. The Bertz CT molecular complexity index is 896. The first-order valence-corrected chi connectivity index (χ1v) is 9.50. The Morgan fingerprint density at radius 1 is 1.11 bits per heavy atom. The summed E-state index contributed by atoms with van der Waals surface area (Å²) in [5.74, 6) is 1.21. The molecule has 0 saturated heterocycles. The number of nitrogens with zero attached hydrogens (tertiary/aromatic N) is 3. The van der Waals surface area contributed by atoms with Gasteiger partial charge in [-0.1, -0.05) is 43.7 Å². The average molecular weight is 380 g/mol. The molecule has 1 aromatic heterocycles. The molecule has 1 heterocycles. The number of unbranched alkanes of at least 4 members (excludes halogenated alkanes) is 1. The molecule has 3 aromatic rings. The summed E-state index contributed by atoms with van der Waals surface area (Å²) < 4.78 is 5.90. The topological polar surface area (TPSA) is 101 Å². The number of aromatic amines is 1. The van der Waals surface area contributed by atoms with Crippen LogP contribution in [0.3, 0.4) is 0 Å². The summed E-state index contributed by atoms with van der Waals surface area (Å²) in [4.78, 5) is 12.7. The van der Waals surface area contributed by atoms with E-state index < -0.39 is 0 Å². The smallest absolute Gasteiger partial charge is 0.196 e. The highest BCUT2D eigenvalue weighted by Gasteiger charge is 2.19. The molecule has 3 rings (SSSR count). The number of benzene rings is 2. The summed E-state index contributed by atoms with van der Waals surface area (Å²) in [5.41, 5.74) is 1.54. The van der Waals surface area contributed by atoms with Crippen LogP contribution in [0.25, 0.3) is 0 Å². The van der Waals surface area contributed by atoms with Crippen LogP contribution in [0, 0.1) is 0 Å². The van der Waals surface area contributed by atoms with Crippen LogP contribution in [0.2, 0.25) is 0 Å². The van der Waals surface area contributed by atoms with Crippen molar-refractivity contribution >= 4 is 5.78 Å². The zero-order valence-corrected chi connectivity index (χ0v) is 15.9. The maximum Gasteiger partial charge on any atom is 0.196 e. The fourth-order valence-corrected chi connectivity index (χ4v) is 3.03. The van der Waals surface area contributed by atoms with Gasteiger partial charge in [0, 0.05) is 17.5 Å². The first-order valence-electron chi connectivity index (χ1n) is 9.50. The van der Waals surface area contributed by atoms with E-state index in [1.807, 2.05) is 25.1 Å². The predicted molar refractivity (Wildman–Crippen MR) is 105 cm³/mol. The van der Waals surface area contributed by atoms with E-state index >= 15 is 0 Å². The van der Waals surface area contributed by atoms with E-state index in [0.29, 0.717) is 35.5 Å². The van der Waals surface area contributed by atoms with Crippen molar-refractivity contribution < 1.29 is 14.6 Å². The minimum Gasteiger partial charge on any atom is -0.507 e. The van der Waals surface area contributed by atoms with E-state index in [4.69, 9.17) is 4.74 Å².